The summed E-state index contributed by atoms with van der Waals surface area (Å²) in [7, 11) is 0. The fraction of sp³-hybridized carbons (Fsp3) is 0.364. The van der Waals surface area contributed by atoms with Crippen molar-refractivity contribution in [3.8, 4) is 0 Å². The molecule has 1 aromatic heterocycles. The van der Waals surface area contributed by atoms with Crippen molar-refractivity contribution in [2.75, 3.05) is 0 Å². The number of carbonyl (C=O) groups excluding carboxylic acids is 3. The third kappa shape index (κ3) is 2.40. The van der Waals surface area contributed by atoms with Crippen LogP contribution in [0.5, 0.6) is 0 Å². The fourth-order valence-electron chi connectivity index (χ4n) is 1.79. The molecule has 1 aromatic rings. The summed E-state index contributed by atoms with van der Waals surface area (Å²) in [5, 5.41) is 0. The Kier molecular flexibility index (Phi) is 3.42. The molecule has 0 aliphatic carbocycles. The van der Waals surface area contributed by atoms with E-state index in [1.807, 2.05) is 5.43 Å². The molecule has 0 saturated carbocycles. The van der Waals surface area contributed by atoms with Crippen LogP contribution >= 0.6 is 0 Å². The number of rotatable bonds is 3. The van der Waals surface area contributed by atoms with E-state index in [0.717, 1.165) is 4.90 Å². The number of imide groups is 1. The summed E-state index contributed by atoms with van der Waals surface area (Å²) in [6, 6.07) is 2.98. The largest absolute Gasteiger partial charge is 0.454 e. The molecule has 0 atom stereocenters. The third-order valence-electron chi connectivity index (χ3n) is 2.71. The van der Waals surface area contributed by atoms with Gasteiger partial charge in [0.2, 0.25) is 11.8 Å². The number of carbonyl (C=O) groups is 3. The Hall–Kier alpha value is -2.15. The second-order valence-corrected chi connectivity index (χ2v) is 3.97. The number of piperidine rings is 1. The smallest absolute Gasteiger partial charge is 0.300 e. The molecule has 2 heterocycles. The van der Waals surface area contributed by atoms with Gasteiger partial charge < -0.3 is 4.42 Å². The van der Waals surface area contributed by atoms with Gasteiger partial charge in [-0.2, -0.15) is 0 Å². The van der Waals surface area contributed by atoms with E-state index in [-0.39, 0.29) is 24.1 Å². The third-order valence-corrected chi connectivity index (χ3v) is 2.71. The molecule has 0 aromatic carbocycles. The van der Waals surface area contributed by atoms with Crippen LogP contribution in [0.15, 0.2) is 16.5 Å². The quantitative estimate of drug-likeness (QED) is 0.338. The lowest BCUT2D eigenvalue weighted by atomic mass is 10.1. The number of nitrogens with one attached hydrogen (secondary N) is 1. The molecule has 1 aliphatic heterocycles. The second kappa shape index (κ2) is 5.01. The van der Waals surface area contributed by atoms with Crippen LogP contribution < -0.4 is 11.3 Å². The summed E-state index contributed by atoms with van der Waals surface area (Å²) in [5.41, 5.74) is 1.94. The molecular weight excluding hydrogens is 238 g/mol. The number of amides is 3. The molecule has 96 valence electrons. The zero-order valence-electron chi connectivity index (χ0n) is 9.64. The van der Waals surface area contributed by atoms with E-state index in [4.69, 9.17) is 10.3 Å². The van der Waals surface area contributed by atoms with E-state index in [1.165, 1.54) is 6.07 Å². The first-order valence-corrected chi connectivity index (χ1v) is 5.54. The summed E-state index contributed by atoms with van der Waals surface area (Å²) in [4.78, 5) is 35.5. The minimum absolute atomic E-state index is 0.0457. The second-order valence-electron chi connectivity index (χ2n) is 3.97. The van der Waals surface area contributed by atoms with Gasteiger partial charge in [-0.1, -0.05) is 0 Å². The van der Waals surface area contributed by atoms with Gasteiger partial charge in [0.1, 0.15) is 5.76 Å². The Morgan fingerprint density at radius 1 is 1.33 bits per heavy atom. The van der Waals surface area contributed by atoms with E-state index >= 15 is 0 Å². The van der Waals surface area contributed by atoms with Crippen molar-refractivity contribution in [1.82, 2.24) is 10.3 Å². The first-order valence-electron chi connectivity index (χ1n) is 5.54. The number of nitrogen functional groups attached to an aromatic ring is 1. The number of hydrogen-bond donors (Lipinski definition) is 2. The van der Waals surface area contributed by atoms with Crippen molar-refractivity contribution in [2.24, 2.45) is 5.84 Å². The van der Waals surface area contributed by atoms with Crippen molar-refractivity contribution >= 4 is 17.7 Å². The lowest BCUT2D eigenvalue weighted by molar-refractivity contribution is -0.149. The maximum atomic E-state index is 11.6. The van der Waals surface area contributed by atoms with Crippen molar-refractivity contribution in [1.29, 1.82) is 0 Å². The van der Waals surface area contributed by atoms with Gasteiger partial charge in [0.05, 0.1) is 6.54 Å². The van der Waals surface area contributed by atoms with Gasteiger partial charge in [-0.15, -0.1) is 0 Å². The van der Waals surface area contributed by atoms with Gasteiger partial charge in [-0.3, -0.25) is 24.7 Å². The number of nitrogens with zero attached hydrogens (tertiary/aromatic N) is 1. The molecule has 18 heavy (non-hydrogen) atoms. The highest BCUT2D eigenvalue weighted by Crippen LogP contribution is 2.17. The summed E-state index contributed by atoms with van der Waals surface area (Å²) >= 11 is 0. The zero-order valence-corrected chi connectivity index (χ0v) is 9.64. The highest BCUT2D eigenvalue weighted by molar-refractivity contribution is 5.97. The van der Waals surface area contributed by atoms with E-state index in [0.29, 0.717) is 25.0 Å². The lowest BCUT2D eigenvalue weighted by Gasteiger charge is -2.23. The van der Waals surface area contributed by atoms with Crippen molar-refractivity contribution in [3.63, 3.8) is 0 Å². The fourth-order valence-corrected chi connectivity index (χ4v) is 1.79. The van der Waals surface area contributed by atoms with E-state index < -0.39 is 5.91 Å². The SMILES string of the molecule is NNC(=O)c1ccc(CN2C(=O)CCCC2=O)o1. The van der Waals surface area contributed by atoms with E-state index in [2.05, 4.69) is 0 Å². The Morgan fingerprint density at radius 3 is 2.61 bits per heavy atom. The molecule has 0 spiro atoms. The van der Waals surface area contributed by atoms with Gasteiger partial charge in [0.15, 0.2) is 5.76 Å². The van der Waals surface area contributed by atoms with Crippen LogP contribution in [0.25, 0.3) is 0 Å². The van der Waals surface area contributed by atoms with Crippen LogP contribution in [0.3, 0.4) is 0 Å². The molecule has 0 radical (unpaired) electrons. The van der Waals surface area contributed by atoms with Crippen molar-refractivity contribution in [2.45, 2.75) is 25.8 Å². The first-order chi connectivity index (χ1) is 8.61. The van der Waals surface area contributed by atoms with Crippen LogP contribution in [-0.2, 0) is 16.1 Å². The topological polar surface area (TPSA) is 106 Å². The Balaban J connectivity index is 2.09. The number of hydrogen-bond acceptors (Lipinski definition) is 5. The molecule has 0 bridgehead atoms. The van der Waals surface area contributed by atoms with Crippen LogP contribution in [0, 0.1) is 0 Å². The first kappa shape index (κ1) is 12.3. The molecule has 1 fully saturated rings. The van der Waals surface area contributed by atoms with Crippen molar-refractivity contribution in [3.05, 3.63) is 23.7 Å². The number of nitrogens with two attached hydrogens (primary N) is 1. The average Bonchev–Trinajstić information content (AvgIpc) is 2.81. The van der Waals surface area contributed by atoms with Crippen LogP contribution in [-0.4, -0.2) is 22.6 Å². The van der Waals surface area contributed by atoms with E-state index in [1.54, 1.807) is 6.07 Å². The standard InChI is InChI=1S/C11H13N3O4/c12-13-11(17)8-5-4-7(18-8)6-14-9(15)2-1-3-10(14)16/h4-5H,1-3,6,12H2,(H,13,17). The maximum absolute atomic E-state index is 11.6. The summed E-state index contributed by atoms with van der Waals surface area (Å²) in [6.45, 7) is 0.0511. The number of likely N-dealkylation sites (tertiary alicyclic amines) is 1. The normalized spacial score (nSPS) is 15.9. The summed E-state index contributed by atoms with van der Waals surface area (Å²) < 4.78 is 5.20. The highest BCUT2D eigenvalue weighted by Gasteiger charge is 2.26. The van der Waals surface area contributed by atoms with Gasteiger partial charge in [0, 0.05) is 12.8 Å². The van der Waals surface area contributed by atoms with Crippen LogP contribution in [0.4, 0.5) is 0 Å². The van der Waals surface area contributed by atoms with Gasteiger partial charge in [0.25, 0.3) is 0 Å². The van der Waals surface area contributed by atoms with Crippen LogP contribution in [0.1, 0.15) is 35.6 Å². The minimum Gasteiger partial charge on any atom is -0.454 e. The minimum atomic E-state index is -0.558. The molecule has 2 rings (SSSR count). The monoisotopic (exact) mass is 251 g/mol. The molecule has 7 nitrogen and oxygen atoms in total. The average molecular weight is 251 g/mol. The molecule has 3 N–H and O–H groups in total. The molecule has 7 heteroatoms. The van der Waals surface area contributed by atoms with Crippen LogP contribution in [0.2, 0.25) is 0 Å². The zero-order chi connectivity index (χ0) is 13.1. The van der Waals surface area contributed by atoms with Crippen molar-refractivity contribution < 1.29 is 18.8 Å². The molecular formula is C11H13N3O4. The Morgan fingerprint density at radius 2 is 2.00 bits per heavy atom. The predicted octanol–water partition coefficient (Wildman–Crippen LogP) is -0.0778. The van der Waals surface area contributed by atoms with Gasteiger partial charge in [-0.25, -0.2) is 5.84 Å². The lowest BCUT2D eigenvalue weighted by Crippen LogP contribution is -2.39. The number of hydrazine groups is 1. The van der Waals surface area contributed by atoms with Gasteiger partial charge in [-0.05, 0) is 18.6 Å². The summed E-state index contributed by atoms with van der Waals surface area (Å²) in [5.74, 6) is 4.39. The molecule has 0 unspecified atom stereocenters. The molecule has 1 aliphatic rings. The number of furan rings is 1. The van der Waals surface area contributed by atoms with Gasteiger partial charge >= 0.3 is 5.91 Å². The summed E-state index contributed by atoms with van der Waals surface area (Å²) in [6.07, 6.45) is 1.32. The molecule has 3 amide bonds. The Bertz CT molecular complexity index is 478. The Labute approximate surface area is 103 Å². The maximum Gasteiger partial charge on any atom is 0.300 e. The highest BCUT2D eigenvalue weighted by atomic mass is 16.4. The van der Waals surface area contributed by atoms with E-state index in [9.17, 15) is 14.4 Å². The molecule has 1 saturated heterocycles. The predicted molar refractivity (Wildman–Crippen MR) is 59.8 cm³/mol.